The van der Waals surface area contributed by atoms with Gasteiger partial charge in [-0.1, -0.05) is 25.6 Å². The molecule has 0 aliphatic carbocycles. The quantitative estimate of drug-likeness (QED) is 0.0172. The standard InChI is InChI=1S/C33H51N10O19P3S2/c1-16(44)21-17-10-19(66-8-6-36-13-34)23(43(17)30(21)49)32(50)67-9-7-37-20(45)4-5-38-29(48)26(47)33(2,3)12-59-65(56,57)62-64(54,55)58-11-18-25(61-63(51,52)53)24(46)31(60-18)42-15-41-22-27(35)39-14-40-28(22)42/h13-18,21,24-26,31,44,46-47H,4-12H2,1-3H3,(H2,34,36)(H,37,45)(H,38,48)(H,54,55)(H,56,57)(H2,35,39,40)(H2,51,52,53)/t16-,17-,18?,21-,24?,25?,26?,31?/m1/s1. The molecule has 0 radical (unpaired) electrons. The summed E-state index contributed by atoms with van der Waals surface area (Å²) < 4.78 is 62.4. The highest BCUT2D eigenvalue weighted by molar-refractivity contribution is 8.14. The topological polar surface area (TPSA) is 443 Å². The number of ether oxygens (including phenoxy) is 1. The summed E-state index contributed by atoms with van der Waals surface area (Å²) in [5, 5.41) is 36.2. The minimum absolute atomic E-state index is 0.0166. The molecule has 3 amide bonds. The van der Waals surface area contributed by atoms with Crippen LogP contribution < -0.4 is 22.1 Å². The largest absolute Gasteiger partial charge is 0.481 e. The number of aliphatic imine (C=N–C) groups is 1. The van der Waals surface area contributed by atoms with Gasteiger partial charge in [-0.05, 0) is 6.92 Å². The maximum Gasteiger partial charge on any atom is 0.481 e. The van der Waals surface area contributed by atoms with Gasteiger partial charge in [0.1, 0.15) is 42.0 Å². The first-order valence-corrected chi connectivity index (χ1v) is 26.4. The molecule has 3 aliphatic heterocycles. The van der Waals surface area contributed by atoms with Crippen molar-refractivity contribution in [3.8, 4) is 0 Å². The number of β-lactam (4-membered cyclic amide) rings is 1. The molecule has 2 saturated heterocycles. The van der Waals surface area contributed by atoms with Crippen molar-refractivity contribution in [2.75, 3.05) is 50.1 Å². The van der Waals surface area contributed by atoms with Gasteiger partial charge in [-0.25, -0.2) is 28.6 Å². The van der Waals surface area contributed by atoms with Gasteiger partial charge < -0.3 is 66.6 Å². The minimum atomic E-state index is -5.61. The number of hydrogen-bond donors (Lipinski definition) is 11. The van der Waals surface area contributed by atoms with Crippen LogP contribution in [0.2, 0.25) is 0 Å². The van der Waals surface area contributed by atoms with Crippen molar-refractivity contribution in [3.63, 3.8) is 0 Å². The van der Waals surface area contributed by atoms with E-state index >= 15 is 0 Å². The van der Waals surface area contributed by atoms with Gasteiger partial charge in [-0.15, -0.1) is 11.8 Å². The number of nitrogens with two attached hydrogens (primary N) is 2. The van der Waals surface area contributed by atoms with Crippen molar-refractivity contribution in [2.24, 2.45) is 22.1 Å². The van der Waals surface area contributed by atoms with Gasteiger partial charge in [0.2, 0.25) is 22.8 Å². The number of phosphoric ester groups is 3. The molecule has 13 N–H and O–H groups in total. The highest BCUT2D eigenvalue weighted by Gasteiger charge is 2.56. The molecule has 3 aliphatic rings. The molecule has 10 atom stereocenters. The molecule has 0 aromatic carbocycles. The van der Waals surface area contributed by atoms with Crippen molar-refractivity contribution in [3.05, 3.63) is 23.3 Å². The first-order valence-electron chi connectivity index (χ1n) is 19.9. The number of aliphatic hydroxyl groups is 3. The first-order chi connectivity index (χ1) is 31.3. The molecule has 34 heteroatoms. The number of fused-ring (bicyclic) bond motifs is 2. The molecule has 5 rings (SSSR count). The van der Waals surface area contributed by atoms with Crippen LogP contribution in [0.5, 0.6) is 0 Å². The molecule has 2 aromatic heterocycles. The van der Waals surface area contributed by atoms with Crippen LogP contribution in [0.15, 0.2) is 28.2 Å². The van der Waals surface area contributed by atoms with E-state index < -0.39 is 96.6 Å². The predicted octanol–water partition coefficient (Wildman–Crippen LogP) is -1.79. The summed E-state index contributed by atoms with van der Waals surface area (Å²) in [7, 11) is -16.5. The zero-order chi connectivity index (χ0) is 49.6. The number of aliphatic hydroxyl groups excluding tert-OH is 3. The average molecular weight is 1050 g/mol. The number of imidazole rings is 1. The van der Waals surface area contributed by atoms with Crippen LogP contribution in [-0.2, 0) is 55.5 Å². The summed E-state index contributed by atoms with van der Waals surface area (Å²) in [5.41, 5.74) is 9.73. The molecule has 2 fully saturated rings. The van der Waals surface area contributed by atoms with Crippen molar-refractivity contribution >= 4 is 93.1 Å². The number of phosphoric acid groups is 3. The van der Waals surface area contributed by atoms with Crippen LogP contribution in [0.25, 0.3) is 11.2 Å². The SMILES string of the molecule is C[C@@H](O)[C@H]1C(=O)N2C(C(=O)SCCNC(=O)CCNC(=O)C(O)C(C)(C)COP(=O)(O)OP(=O)(O)OCC3OC(n4cnc5c(N)ncnc54)C(O)C3OP(=O)(O)O)=C(SCCN=CN)C[C@H]12. The first kappa shape index (κ1) is 54.5. The maximum absolute atomic E-state index is 13.2. The van der Waals surface area contributed by atoms with E-state index in [-0.39, 0.29) is 65.0 Å². The van der Waals surface area contributed by atoms with Gasteiger partial charge in [0.25, 0.3) is 0 Å². The number of nitrogens with one attached hydrogen (secondary N) is 2. The van der Waals surface area contributed by atoms with Gasteiger partial charge in [-0.3, -0.25) is 42.3 Å². The van der Waals surface area contributed by atoms with Gasteiger partial charge in [0.15, 0.2) is 17.7 Å². The Morgan fingerprint density at radius 3 is 2.45 bits per heavy atom. The van der Waals surface area contributed by atoms with Crippen LogP contribution >= 0.6 is 47.0 Å². The molecule has 7 unspecified atom stereocenters. The van der Waals surface area contributed by atoms with Crippen molar-refractivity contribution in [1.29, 1.82) is 0 Å². The number of carbonyl (C=O) groups is 4. The van der Waals surface area contributed by atoms with Crippen molar-refractivity contribution in [2.45, 2.75) is 76.4 Å². The number of carbonyl (C=O) groups excluding carboxylic acids is 4. The second kappa shape index (κ2) is 22.5. The third-order valence-corrected chi connectivity index (χ3v) is 15.3. The Bertz CT molecular complexity index is 2370. The lowest BCUT2D eigenvalue weighted by Gasteiger charge is -2.44. The Morgan fingerprint density at radius 2 is 1.78 bits per heavy atom. The van der Waals surface area contributed by atoms with Gasteiger partial charge in [0, 0.05) is 47.8 Å². The molecule has 5 heterocycles. The predicted molar refractivity (Wildman–Crippen MR) is 235 cm³/mol. The fourth-order valence-corrected chi connectivity index (χ4v) is 11.7. The van der Waals surface area contributed by atoms with Crippen molar-refractivity contribution in [1.82, 2.24) is 35.1 Å². The molecule has 0 saturated carbocycles. The van der Waals surface area contributed by atoms with E-state index in [1.807, 2.05) is 0 Å². The summed E-state index contributed by atoms with van der Waals surface area (Å²) in [6, 6.07) is -0.331. The lowest BCUT2D eigenvalue weighted by molar-refractivity contribution is -0.158. The Hall–Kier alpha value is -3.45. The van der Waals surface area contributed by atoms with Crippen LogP contribution in [0.3, 0.4) is 0 Å². The van der Waals surface area contributed by atoms with E-state index in [1.165, 1.54) is 43.8 Å². The number of hydrogen-bond acceptors (Lipinski definition) is 22. The number of thioether (sulfide) groups is 2. The molecule has 0 bridgehead atoms. The molecule has 374 valence electrons. The van der Waals surface area contributed by atoms with E-state index in [1.54, 1.807) is 0 Å². The summed E-state index contributed by atoms with van der Waals surface area (Å²) in [6.07, 6.45) is -6.46. The monoisotopic (exact) mass is 1050 g/mol. The number of nitrogens with zero attached hydrogens (tertiary/aromatic N) is 6. The summed E-state index contributed by atoms with van der Waals surface area (Å²) in [4.78, 5) is 108. The molecular formula is C33H51N10O19P3S2. The van der Waals surface area contributed by atoms with E-state index in [2.05, 4.69) is 39.4 Å². The van der Waals surface area contributed by atoms with E-state index in [0.29, 0.717) is 23.6 Å². The highest BCUT2D eigenvalue weighted by atomic mass is 32.2. The highest BCUT2D eigenvalue weighted by Crippen LogP contribution is 2.61. The molecule has 0 spiro atoms. The zero-order valence-corrected chi connectivity index (χ0v) is 40.1. The molecule has 29 nitrogen and oxygen atoms in total. The minimum Gasteiger partial charge on any atom is -0.393 e. The van der Waals surface area contributed by atoms with E-state index in [9.17, 15) is 67.8 Å². The summed E-state index contributed by atoms with van der Waals surface area (Å²) in [5.74, 6) is -1.91. The van der Waals surface area contributed by atoms with E-state index in [4.69, 9.17) is 25.3 Å². The van der Waals surface area contributed by atoms with Crippen LogP contribution in [0, 0.1) is 11.3 Å². The second-order valence-electron chi connectivity index (χ2n) is 15.6. The third-order valence-electron chi connectivity index (χ3n) is 10.2. The Balaban J connectivity index is 1.04. The second-order valence-corrected chi connectivity index (χ2v) is 22.1. The third kappa shape index (κ3) is 13.9. The van der Waals surface area contributed by atoms with E-state index in [0.717, 1.165) is 29.0 Å². The fraction of sp³-hybridized carbons (Fsp3) is 0.636. The summed E-state index contributed by atoms with van der Waals surface area (Å²) >= 11 is 2.27. The lowest BCUT2D eigenvalue weighted by atomic mass is 9.83. The number of aromatic nitrogens is 4. The Morgan fingerprint density at radius 1 is 1.07 bits per heavy atom. The zero-order valence-electron chi connectivity index (χ0n) is 35.7. The van der Waals surface area contributed by atoms with Crippen LogP contribution in [-0.4, -0.2) is 169 Å². The Kier molecular flexibility index (Phi) is 18.3. The fourth-order valence-electron chi connectivity index (χ4n) is 6.99. The smallest absolute Gasteiger partial charge is 0.393 e. The average Bonchev–Trinajstić information content (AvgIpc) is 3.90. The molecular weight excluding hydrogens is 997 g/mol. The number of anilines is 1. The van der Waals surface area contributed by atoms with Gasteiger partial charge in [0.05, 0.1) is 50.5 Å². The summed E-state index contributed by atoms with van der Waals surface area (Å²) in [6.45, 7) is 2.07. The van der Waals surface area contributed by atoms with Gasteiger partial charge >= 0.3 is 23.5 Å². The lowest BCUT2D eigenvalue weighted by Crippen LogP contribution is -2.61. The number of amides is 3. The van der Waals surface area contributed by atoms with Crippen molar-refractivity contribution < 1.29 is 90.4 Å². The maximum atomic E-state index is 13.2. The molecule has 67 heavy (non-hydrogen) atoms. The number of nitrogen functional groups attached to an aromatic ring is 1. The Labute approximate surface area is 389 Å². The normalized spacial score (nSPS) is 24.9. The van der Waals surface area contributed by atoms with Crippen LogP contribution in [0.4, 0.5) is 5.82 Å². The van der Waals surface area contributed by atoms with Gasteiger partial charge in [-0.2, -0.15) is 4.31 Å². The number of rotatable bonds is 25. The molecule has 2 aromatic rings. The van der Waals surface area contributed by atoms with Crippen LogP contribution in [0.1, 0.15) is 39.8 Å².